The summed E-state index contributed by atoms with van der Waals surface area (Å²) in [7, 11) is -4.23. The lowest BCUT2D eigenvalue weighted by Crippen LogP contribution is -2.54. The zero-order valence-electron chi connectivity index (χ0n) is 21.4. The fourth-order valence-electron chi connectivity index (χ4n) is 3.69. The van der Waals surface area contributed by atoms with Crippen LogP contribution in [0.3, 0.4) is 0 Å². The molecule has 1 atom stereocenters. The van der Waals surface area contributed by atoms with Crippen molar-refractivity contribution in [2.45, 2.75) is 50.7 Å². The highest BCUT2D eigenvalue weighted by molar-refractivity contribution is 7.92. The van der Waals surface area contributed by atoms with E-state index in [4.69, 9.17) is 0 Å². The second kappa shape index (κ2) is 11.6. The van der Waals surface area contributed by atoms with Gasteiger partial charge in [0.05, 0.1) is 10.6 Å². The number of benzene rings is 3. The molecule has 9 heteroatoms. The summed E-state index contributed by atoms with van der Waals surface area (Å²) < 4.78 is 41.7. The van der Waals surface area contributed by atoms with Crippen LogP contribution in [0.1, 0.15) is 33.3 Å². The Kier molecular flexibility index (Phi) is 8.70. The first kappa shape index (κ1) is 27.9. The van der Waals surface area contributed by atoms with Crippen LogP contribution in [0.4, 0.5) is 10.1 Å². The molecule has 0 bridgehead atoms. The van der Waals surface area contributed by atoms with Gasteiger partial charge in [-0.2, -0.15) is 0 Å². The van der Waals surface area contributed by atoms with Gasteiger partial charge in [-0.05, 0) is 69.7 Å². The topological polar surface area (TPSA) is 86.8 Å². The number of para-hydroxylation sites is 1. The number of nitrogens with one attached hydrogen (secondary N) is 1. The van der Waals surface area contributed by atoms with Gasteiger partial charge >= 0.3 is 0 Å². The van der Waals surface area contributed by atoms with Gasteiger partial charge in [0.1, 0.15) is 18.4 Å². The average Bonchev–Trinajstić information content (AvgIpc) is 2.85. The number of hydrogen-bond acceptors (Lipinski definition) is 4. The van der Waals surface area contributed by atoms with E-state index in [-0.39, 0.29) is 23.0 Å². The minimum atomic E-state index is -4.23. The molecule has 3 rings (SSSR count). The Morgan fingerprint density at radius 2 is 1.43 bits per heavy atom. The summed E-state index contributed by atoms with van der Waals surface area (Å²) >= 11 is 0. The van der Waals surface area contributed by atoms with Crippen LogP contribution in [0.25, 0.3) is 0 Å². The molecule has 0 heterocycles. The van der Waals surface area contributed by atoms with E-state index in [0.29, 0.717) is 0 Å². The molecule has 3 aromatic rings. The SMILES string of the molecule is C[C@H](C(=O)NC(C)(C)C)N(Cc1ccccc1)C(=O)CN(c1ccccc1)S(=O)(=O)c1ccc(F)cc1. The Morgan fingerprint density at radius 3 is 1.97 bits per heavy atom. The molecule has 1 N–H and O–H groups in total. The van der Waals surface area contributed by atoms with Gasteiger partial charge in [-0.15, -0.1) is 0 Å². The molecule has 0 aliphatic rings. The number of nitrogens with zero attached hydrogens (tertiary/aromatic N) is 2. The third-order valence-electron chi connectivity index (χ3n) is 5.59. The van der Waals surface area contributed by atoms with Crippen molar-refractivity contribution >= 4 is 27.5 Å². The van der Waals surface area contributed by atoms with E-state index in [2.05, 4.69) is 5.32 Å². The minimum Gasteiger partial charge on any atom is -0.350 e. The molecule has 0 saturated heterocycles. The van der Waals surface area contributed by atoms with Crippen molar-refractivity contribution in [1.29, 1.82) is 0 Å². The molecule has 0 fully saturated rings. The second-order valence-corrected chi connectivity index (χ2v) is 11.6. The van der Waals surface area contributed by atoms with E-state index >= 15 is 0 Å². The molecule has 196 valence electrons. The third kappa shape index (κ3) is 7.39. The van der Waals surface area contributed by atoms with E-state index in [1.165, 1.54) is 4.90 Å². The lowest BCUT2D eigenvalue weighted by atomic mass is 10.1. The molecule has 0 aliphatic heterocycles. The summed E-state index contributed by atoms with van der Waals surface area (Å²) in [5, 5.41) is 2.89. The van der Waals surface area contributed by atoms with E-state index in [0.717, 1.165) is 34.1 Å². The third-order valence-corrected chi connectivity index (χ3v) is 7.37. The van der Waals surface area contributed by atoms with Gasteiger partial charge in [0.2, 0.25) is 11.8 Å². The van der Waals surface area contributed by atoms with Gasteiger partial charge in [0.15, 0.2) is 0 Å². The smallest absolute Gasteiger partial charge is 0.264 e. The molecule has 2 amide bonds. The van der Waals surface area contributed by atoms with Crippen molar-refractivity contribution in [3.05, 3.63) is 96.3 Å². The summed E-state index contributed by atoms with van der Waals surface area (Å²) in [5.74, 6) is -1.49. The highest BCUT2D eigenvalue weighted by Gasteiger charge is 2.33. The van der Waals surface area contributed by atoms with Gasteiger partial charge in [-0.25, -0.2) is 12.8 Å². The summed E-state index contributed by atoms with van der Waals surface area (Å²) in [6.45, 7) is 6.69. The lowest BCUT2D eigenvalue weighted by Gasteiger charge is -2.33. The predicted molar refractivity (Wildman–Crippen MR) is 142 cm³/mol. The minimum absolute atomic E-state index is 0.109. The zero-order chi connectivity index (χ0) is 27.2. The monoisotopic (exact) mass is 525 g/mol. The lowest BCUT2D eigenvalue weighted by molar-refractivity contribution is -0.140. The van der Waals surface area contributed by atoms with E-state index in [1.807, 2.05) is 51.1 Å². The molecule has 0 aromatic heterocycles. The maximum atomic E-state index is 13.8. The van der Waals surface area contributed by atoms with Crippen LogP contribution in [-0.4, -0.2) is 43.3 Å². The van der Waals surface area contributed by atoms with Crippen molar-refractivity contribution in [3.63, 3.8) is 0 Å². The normalized spacial score (nSPS) is 12.5. The Balaban J connectivity index is 1.99. The number of rotatable bonds is 9. The molecular weight excluding hydrogens is 493 g/mol. The number of carbonyl (C=O) groups is 2. The Bertz CT molecular complexity index is 1310. The van der Waals surface area contributed by atoms with Gasteiger partial charge in [0.25, 0.3) is 10.0 Å². The average molecular weight is 526 g/mol. The molecular formula is C28H32FN3O4S. The number of carbonyl (C=O) groups excluding carboxylic acids is 2. The quantitative estimate of drug-likeness (QED) is 0.450. The van der Waals surface area contributed by atoms with Crippen molar-refractivity contribution in [2.24, 2.45) is 0 Å². The number of sulfonamides is 1. The highest BCUT2D eigenvalue weighted by atomic mass is 32.2. The standard InChI is InChI=1S/C28H32FN3O4S/c1-21(27(34)30-28(2,3)4)31(19-22-11-7-5-8-12-22)26(33)20-32(24-13-9-6-10-14-24)37(35,36)25-17-15-23(29)16-18-25/h5-18,21H,19-20H2,1-4H3,(H,30,34)/t21-/m1/s1. The van der Waals surface area contributed by atoms with Gasteiger partial charge in [-0.3, -0.25) is 13.9 Å². The molecule has 3 aromatic carbocycles. The van der Waals surface area contributed by atoms with Crippen LogP contribution in [0.5, 0.6) is 0 Å². The fraction of sp³-hybridized carbons (Fsp3) is 0.286. The molecule has 7 nitrogen and oxygen atoms in total. The van der Waals surface area contributed by atoms with Crippen LogP contribution < -0.4 is 9.62 Å². The second-order valence-electron chi connectivity index (χ2n) is 9.72. The molecule has 37 heavy (non-hydrogen) atoms. The van der Waals surface area contributed by atoms with Crippen LogP contribution >= 0.6 is 0 Å². The highest BCUT2D eigenvalue weighted by Crippen LogP contribution is 2.24. The Hall–Kier alpha value is -3.72. The van der Waals surface area contributed by atoms with Gasteiger partial charge in [-0.1, -0.05) is 48.5 Å². The van der Waals surface area contributed by atoms with E-state index in [9.17, 15) is 22.4 Å². The largest absolute Gasteiger partial charge is 0.350 e. The molecule has 0 aliphatic carbocycles. The summed E-state index contributed by atoms with van der Waals surface area (Å²) in [6, 6.07) is 20.9. The molecule has 0 saturated carbocycles. The van der Waals surface area contributed by atoms with Crippen LogP contribution in [0.2, 0.25) is 0 Å². The summed E-state index contributed by atoms with van der Waals surface area (Å²) in [6.07, 6.45) is 0. The maximum Gasteiger partial charge on any atom is 0.264 e. The predicted octanol–water partition coefficient (Wildman–Crippen LogP) is 4.35. The number of hydrogen-bond donors (Lipinski definition) is 1. The van der Waals surface area contributed by atoms with Crippen molar-refractivity contribution in [3.8, 4) is 0 Å². The fourth-order valence-corrected chi connectivity index (χ4v) is 5.11. The molecule has 0 spiro atoms. The Labute approximate surface area is 218 Å². The van der Waals surface area contributed by atoms with Crippen molar-refractivity contribution < 1.29 is 22.4 Å². The molecule has 0 radical (unpaired) electrons. The van der Waals surface area contributed by atoms with E-state index < -0.39 is 39.9 Å². The Morgan fingerprint density at radius 1 is 0.892 bits per heavy atom. The summed E-state index contributed by atoms with van der Waals surface area (Å²) in [5.41, 5.74) is 0.542. The first-order valence-corrected chi connectivity index (χ1v) is 13.3. The van der Waals surface area contributed by atoms with Crippen molar-refractivity contribution in [2.75, 3.05) is 10.8 Å². The van der Waals surface area contributed by atoms with Crippen LogP contribution in [-0.2, 0) is 26.2 Å². The van der Waals surface area contributed by atoms with Crippen LogP contribution in [0, 0.1) is 5.82 Å². The first-order chi connectivity index (χ1) is 17.4. The zero-order valence-corrected chi connectivity index (χ0v) is 22.2. The van der Waals surface area contributed by atoms with Crippen LogP contribution in [0.15, 0.2) is 89.8 Å². The maximum absolute atomic E-state index is 13.8. The number of halogens is 1. The molecule has 0 unspecified atom stereocenters. The number of anilines is 1. The van der Waals surface area contributed by atoms with E-state index in [1.54, 1.807) is 37.3 Å². The van der Waals surface area contributed by atoms with Gasteiger partial charge in [0, 0.05) is 12.1 Å². The number of amides is 2. The first-order valence-electron chi connectivity index (χ1n) is 11.9. The summed E-state index contributed by atoms with van der Waals surface area (Å²) in [4.78, 5) is 28.0. The van der Waals surface area contributed by atoms with Gasteiger partial charge < -0.3 is 10.2 Å². The van der Waals surface area contributed by atoms with Crippen molar-refractivity contribution in [1.82, 2.24) is 10.2 Å².